The predicted octanol–water partition coefficient (Wildman–Crippen LogP) is 6.23. The number of fused-ring (bicyclic) bond motifs is 3. The van der Waals surface area contributed by atoms with E-state index in [1.165, 1.54) is 24.3 Å². The van der Waals surface area contributed by atoms with Crippen LogP contribution in [0.4, 0.5) is 10.1 Å². The van der Waals surface area contributed by atoms with Crippen molar-refractivity contribution < 1.29 is 9.18 Å². The van der Waals surface area contributed by atoms with Crippen LogP contribution in [-0.4, -0.2) is 16.5 Å². The Balaban J connectivity index is 1.73. The van der Waals surface area contributed by atoms with Crippen molar-refractivity contribution in [3.05, 3.63) is 120 Å². The lowest BCUT2D eigenvalue weighted by Crippen LogP contribution is -2.19. The Morgan fingerprint density at radius 1 is 0.719 bits per heavy atom. The number of nitrogens with one attached hydrogen (secondary N) is 1. The molecule has 5 rings (SSSR count). The molecule has 0 unspecified atom stereocenters. The van der Waals surface area contributed by atoms with Gasteiger partial charge in [0.2, 0.25) is 5.78 Å². The van der Waals surface area contributed by atoms with Crippen LogP contribution in [0.15, 0.2) is 108 Å². The van der Waals surface area contributed by atoms with Gasteiger partial charge in [0.15, 0.2) is 5.71 Å². The molecular weight excluding hydrogens is 401 g/mol. The van der Waals surface area contributed by atoms with E-state index < -0.39 is 5.82 Å². The van der Waals surface area contributed by atoms with Gasteiger partial charge in [0.25, 0.3) is 0 Å². The number of benzene rings is 4. The zero-order valence-electron chi connectivity index (χ0n) is 17.0. The fourth-order valence-corrected chi connectivity index (χ4v) is 3.67. The number of carbonyl (C=O) groups is 1. The Hall–Kier alpha value is -4.38. The molecule has 4 aromatic carbocycles. The van der Waals surface area contributed by atoms with E-state index in [0.29, 0.717) is 11.3 Å². The summed E-state index contributed by atoms with van der Waals surface area (Å²) >= 11 is 0. The summed E-state index contributed by atoms with van der Waals surface area (Å²) in [5.74, 6) is -0.752. The molecular formula is C27H18FN3O. The second-order valence-electron chi connectivity index (χ2n) is 7.30. The smallest absolute Gasteiger partial charge is 0.215 e. The zero-order valence-corrected chi connectivity index (χ0v) is 17.0. The molecule has 0 radical (unpaired) electrons. The maximum Gasteiger partial charge on any atom is 0.215 e. The third kappa shape index (κ3) is 3.72. The van der Waals surface area contributed by atoms with E-state index in [1.54, 1.807) is 0 Å². The number of nitrogens with zero attached hydrogens (tertiary/aromatic N) is 2. The molecule has 0 aliphatic carbocycles. The van der Waals surface area contributed by atoms with Crippen LogP contribution in [0.2, 0.25) is 0 Å². The monoisotopic (exact) mass is 419 g/mol. The minimum absolute atomic E-state index is 0.155. The largest absolute Gasteiger partial charge is 0.287 e. The number of pyridine rings is 1. The lowest BCUT2D eigenvalue weighted by Gasteiger charge is -2.12. The number of rotatable bonds is 5. The molecule has 154 valence electrons. The van der Waals surface area contributed by atoms with Crippen LogP contribution in [0.25, 0.3) is 21.7 Å². The van der Waals surface area contributed by atoms with Gasteiger partial charge in [-0.3, -0.25) is 10.2 Å². The van der Waals surface area contributed by atoms with E-state index >= 15 is 0 Å². The van der Waals surface area contributed by atoms with Gasteiger partial charge in [0, 0.05) is 16.3 Å². The molecule has 0 bridgehead atoms. The fraction of sp³-hybridized carbons (Fsp3) is 0. The lowest BCUT2D eigenvalue weighted by atomic mass is 9.98. The predicted molar refractivity (Wildman–Crippen MR) is 127 cm³/mol. The van der Waals surface area contributed by atoms with Gasteiger partial charge >= 0.3 is 0 Å². The number of hydrazone groups is 1. The fourth-order valence-electron chi connectivity index (χ4n) is 3.67. The molecule has 0 aliphatic rings. The molecule has 0 fully saturated rings. The Labute approximate surface area is 184 Å². The Kier molecular flexibility index (Phi) is 5.14. The molecule has 0 spiro atoms. The molecule has 4 nitrogen and oxygen atoms in total. The second kappa shape index (κ2) is 8.40. The second-order valence-corrected chi connectivity index (χ2v) is 7.30. The highest BCUT2D eigenvalue weighted by atomic mass is 19.1. The van der Waals surface area contributed by atoms with Crippen molar-refractivity contribution in [1.82, 2.24) is 4.98 Å². The lowest BCUT2D eigenvalue weighted by molar-refractivity contribution is 0.106. The first kappa shape index (κ1) is 19.6. The highest BCUT2D eigenvalue weighted by Gasteiger charge is 2.22. The van der Waals surface area contributed by atoms with E-state index in [4.69, 9.17) is 4.98 Å². The van der Waals surface area contributed by atoms with E-state index in [0.717, 1.165) is 27.4 Å². The van der Waals surface area contributed by atoms with Crippen LogP contribution in [0.5, 0.6) is 0 Å². The summed E-state index contributed by atoms with van der Waals surface area (Å²) in [5, 5.41) is 7.27. The van der Waals surface area contributed by atoms with Gasteiger partial charge in [-0.1, -0.05) is 60.7 Å². The molecule has 0 saturated carbocycles. The summed E-state index contributed by atoms with van der Waals surface area (Å²) < 4.78 is 13.5. The quantitative estimate of drug-likeness (QED) is 0.159. The normalized spacial score (nSPS) is 11.6. The Morgan fingerprint density at radius 2 is 1.34 bits per heavy atom. The van der Waals surface area contributed by atoms with E-state index in [-0.39, 0.29) is 11.5 Å². The zero-order chi connectivity index (χ0) is 21.9. The van der Waals surface area contributed by atoms with Crippen LogP contribution in [0, 0.1) is 5.82 Å². The summed E-state index contributed by atoms with van der Waals surface area (Å²) in [6.07, 6.45) is 0. The summed E-state index contributed by atoms with van der Waals surface area (Å²) in [6.45, 7) is 0. The number of aromatic nitrogens is 1. The summed E-state index contributed by atoms with van der Waals surface area (Å²) in [5.41, 5.74) is 5.43. The van der Waals surface area contributed by atoms with Gasteiger partial charge in [0.1, 0.15) is 11.5 Å². The van der Waals surface area contributed by atoms with E-state index in [1.807, 2.05) is 78.9 Å². The molecule has 0 saturated heterocycles. The summed E-state index contributed by atoms with van der Waals surface area (Å²) in [4.78, 5) is 18.3. The number of anilines is 1. The summed E-state index contributed by atoms with van der Waals surface area (Å²) in [7, 11) is 0. The maximum absolute atomic E-state index is 13.5. The molecule has 0 atom stereocenters. The van der Waals surface area contributed by atoms with Crippen molar-refractivity contribution in [2.45, 2.75) is 0 Å². The molecule has 1 N–H and O–H groups in total. The van der Waals surface area contributed by atoms with Crippen LogP contribution in [-0.2, 0) is 0 Å². The maximum atomic E-state index is 13.5. The van der Waals surface area contributed by atoms with Gasteiger partial charge in [-0.15, -0.1) is 0 Å². The number of hydrogen-bond acceptors (Lipinski definition) is 4. The molecule has 0 aliphatic heterocycles. The van der Waals surface area contributed by atoms with Gasteiger partial charge in [0.05, 0.1) is 11.2 Å². The van der Waals surface area contributed by atoms with E-state index in [9.17, 15) is 9.18 Å². The number of hydrogen-bond donors (Lipinski definition) is 1. The number of carbonyl (C=O) groups excluding carboxylic acids is 1. The first-order valence-electron chi connectivity index (χ1n) is 10.2. The van der Waals surface area contributed by atoms with Crippen LogP contribution < -0.4 is 5.43 Å². The number of ketones is 1. The average molecular weight is 419 g/mol. The SMILES string of the molecule is O=C(/C(=N\Nc1ccccc1)c1nc2ccccc2c2ccccc12)c1ccc(F)cc1. The topological polar surface area (TPSA) is 54.4 Å². The van der Waals surface area contributed by atoms with Crippen molar-refractivity contribution in [3.8, 4) is 0 Å². The highest BCUT2D eigenvalue weighted by molar-refractivity contribution is 6.53. The third-order valence-electron chi connectivity index (χ3n) is 5.23. The Bertz CT molecular complexity index is 1460. The van der Waals surface area contributed by atoms with Crippen molar-refractivity contribution in [1.29, 1.82) is 0 Å². The summed E-state index contributed by atoms with van der Waals surface area (Å²) in [6, 6.07) is 30.4. The number of para-hydroxylation sites is 2. The van der Waals surface area contributed by atoms with Gasteiger partial charge < -0.3 is 0 Å². The molecule has 1 aromatic heterocycles. The first-order valence-corrected chi connectivity index (χ1v) is 10.2. The van der Waals surface area contributed by atoms with Crippen molar-refractivity contribution >= 4 is 38.9 Å². The standard InChI is InChI=1S/C27H18FN3O/c28-19-16-14-18(15-17-19)27(32)26(31-30-20-8-2-1-3-9-20)25-23-12-5-4-10-21(23)22-11-6-7-13-24(22)29-25/h1-17,30H/b31-26-. The molecule has 5 heteroatoms. The van der Waals surface area contributed by atoms with Crippen LogP contribution >= 0.6 is 0 Å². The van der Waals surface area contributed by atoms with Gasteiger partial charge in [-0.05, 0) is 47.9 Å². The molecule has 0 amide bonds. The van der Waals surface area contributed by atoms with Crippen molar-refractivity contribution in [3.63, 3.8) is 0 Å². The Morgan fingerprint density at radius 3 is 2.09 bits per heavy atom. The minimum Gasteiger partial charge on any atom is -0.287 e. The molecule has 32 heavy (non-hydrogen) atoms. The van der Waals surface area contributed by atoms with Crippen LogP contribution in [0.1, 0.15) is 16.1 Å². The number of halogens is 1. The molecule has 5 aromatic rings. The van der Waals surface area contributed by atoms with Crippen molar-refractivity contribution in [2.75, 3.05) is 5.43 Å². The average Bonchev–Trinajstić information content (AvgIpc) is 2.85. The number of Topliss-reactive ketones (excluding diaryl/α,β-unsaturated/α-hetero) is 1. The van der Waals surface area contributed by atoms with E-state index in [2.05, 4.69) is 10.5 Å². The highest BCUT2D eigenvalue weighted by Crippen LogP contribution is 2.27. The third-order valence-corrected chi connectivity index (χ3v) is 5.23. The van der Waals surface area contributed by atoms with Crippen molar-refractivity contribution in [2.24, 2.45) is 5.10 Å². The van der Waals surface area contributed by atoms with Crippen LogP contribution in [0.3, 0.4) is 0 Å². The van der Waals surface area contributed by atoms with Gasteiger partial charge in [-0.25, -0.2) is 9.37 Å². The minimum atomic E-state index is -0.406. The first-order chi connectivity index (χ1) is 15.7. The van der Waals surface area contributed by atoms with Gasteiger partial charge in [-0.2, -0.15) is 5.10 Å². The molecule has 1 heterocycles.